The summed E-state index contributed by atoms with van der Waals surface area (Å²) in [7, 11) is 0. The maximum Gasteiger partial charge on any atom is 0.573 e. The van der Waals surface area contributed by atoms with Crippen LogP contribution in [0.25, 0.3) is 0 Å². The molecule has 0 aliphatic rings. The fraction of sp³-hybridized carbons (Fsp3) is 0.143. The zero-order valence-corrected chi connectivity index (χ0v) is 6.77. The van der Waals surface area contributed by atoms with Crippen molar-refractivity contribution in [2.24, 2.45) is 0 Å². The minimum Gasteiger partial charge on any atom is -0.399 e. The zero-order chi connectivity index (χ0) is 11.6. The Kier molecular flexibility index (Phi) is 2.74. The van der Waals surface area contributed by atoms with Crippen LogP contribution in [-0.2, 0) is 0 Å². The summed E-state index contributed by atoms with van der Waals surface area (Å²) in [5.41, 5.74) is -1.18. The first-order valence-electron chi connectivity index (χ1n) is 3.35. The second-order valence-electron chi connectivity index (χ2n) is 2.26. The molecule has 0 aliphatic carbocycles. The molecule has 1 rings (SSSR count). The van der Waals surface area contributed by atoms with Crippen molar-refractivity contribution < 1.29 is 26.7 Å². The third kappa shape index (κ3) is 2.52. The number of nitriles is 1. The molecule has 15 heavy (non-hydrogen) atoms. The second-order valence-corrected chi connectivity index (χ2v) is 2.26. The molecule has 0 amide bonds. The number of rotatable bonds is 1. The first-order chi connectivity index (χ1) is 6.85. The van der Waals surface area contributed by atoms with E-state index >= 15 is 0 Å². The molecular formula is C7HF5N2O. The molecule has 0 aliphatic heterocycles. The van der Waals surface area contributed by atoms with E-state index in [-0.39, 0.29) is 6.20 Å². The van der Waals surface area contributed by atoms with Crippen LogP contribution in [0.2, 0.25) is 0 Å². The molecule has 8 heteroatoms. The summed E-state index contributed by atoms with van der Waals surface area (Å²) in [4.78, 5) is 2.65. The maximum atomic E-state index is 12.7. The fourth-order valence-corrected chi connectivity index (χ4v) is 0.761. The highest BCUT2D eigenvalue weighted by atomic mass is 19.4. The third-order valence-electron chi connectivity index (χ3n) is 1.27. The Bertz CT molecular complexity index is 423. The minimum atomic E-state index is -5.22. The molecule has 0 unspecified atom stereocenters. The van der Waals surface area contributed by atoms with Crippen molar-refractivity contribution in [3.8, 4) is 11.8 Å². The lowest BCUT2D eigenvalue weighted by Gasteiger charge is -2.10. The number of aromatic nitrogens is 1. The van der Waals surface area contributed by atoms with Gasteiger partial charge in [0.1, 0.15) is 11.6 Å². The fourth-order valence-electron chi connectivity index (χ4n) is 0.761. The van der Waals surface area contributed by atoms with E-state index in [0.29, 0.717) is 0 Å². The number of hydrogen-bond acceptors (Lipinski definition) is 3. The average molecular weight is 224 g/mol. The van der Waals surface area contributed by atoms with E-state index in [9.17, 15) is 22.0 Å². The number of pyridine rings is 1. The predicted octanol–water partition coefficient (Wildman–Crippen LogP) is 2.13. The van der Waals surface area contributed by atoms with E-state index in [1.165, 1.54) is 0 Å². The van der Waals surface area contributed by atoms with Crippen molar-refractivity contribution in [3.05, 3.63) is 23.5 Å². The van der Waals surface area contributed by atoms with Gasteiger partial charge in [0.25, 0.3) is 5.95 Å². The first kappa shape index (κ1) is 11.2. The van der Waals surface area contributed by atoms with Crippen LogP contribution in [0.1, 0.15) is 5.56 Å². The van der Waals surface area contributed by atoms with Gasteiger partial charge in [0.05, 0.1) is 6.20 Å². The van der Waals surface area contributed by atoms with Crippen molar-refractivity contribution in [2.75, 3.05) is 0 Å². The van der Waals surface area contributed by atoms with Crippen LogP contribution in [0.3, 0.4) is 0 Å². The van der Waals surface area contributed by atoms with E-state index in [1.54, 1.807) is 0 Å². The summed E-state index contributed by atoms with van der Waals surface area (Å²) in [6.45, 7) is 0. The van der Waals surface area contributed by atoms with E-state index in [1.807, 2.05) is 0 Å². The van der Waals surface area contributed by atoms with Gasteiger partial charge in [-0.25, -0.2) is 9.37 Å². The van der Waals surface area contributed by atoms with Crippen LogP contribution in [-0.4, -0.2) is 11.3 Å². The van der Waals surface area contributed by atoms with Crippen molar-refractivity contribution in [1.82, 2.24) is 4.98 Å². The Hall–Kier alpha value is -1.91. The van der Waals surface area contributed by atoms with Crippen molar-refractivity contribution in [3.63, 3.8) is 0 Å². The van der Waals surface area contributed by atoms with E-state index in [2.05, 4.69) is 9.72 Å². The molecule has 0 atom stereocenters. The highest BCUT2D eigenvalue weighted by Gasteiger charge is 2.35. The van der Waals surface area contributed by atoms with Gasteiger partial charge in [0, 0.05) is 0 Å². The summed E-state index contributed by atoms with van der Waals surface area (Å²) in [5, 5.41) is 8.29. The highest BCUT2D eigenvalue weighted by molar-refractivity contribution is 5.42. The van der Waals surface area contributed by atoms with Gasteiger partial charge in [0.15, 0.2) is 5.82 Å². The molecule has 0 aromatic carbocycles. The Morgan fingerprint density at radius 2 is 1.93 bits per heavy atom. The molecule has 1 aromatic rings. The molecule has 0 bridgehead atoms. The van der Waals surface area contributed by atoms with Crippen LogP contribution in [0, 0.1) is 23.1 Å². The lowest BCUT2D eigenvalue weighted by molar-refractivity contribution is -0.276. The summed E-state index contributed by atoms with van der Waals surface area (Å²) >= 11 is 0. The molecule has 0 spiro atoms. The smallest absolute Gasteiger partial charge is 0.399 e. The van der Waals surface area contributed by atoms with Gasteiger partial charge >= 0.3 is 6.36 Å². The van der Waals surface area contributed by atoms with Gasteiger partial charge in [-0.2, -0.15) is 9.65 Å². The normalized spacial score (nSPS) is 10.9. The van der Waals surface area contributed by atoms with E-state index in [4.69, 9.17) is 5.26 Å². The number of ether oxygens (including phenoxy) is 1. The lowest BCUT2D eigenvalue weighted by Crippen LogP contribution is -2.19. The number of alkyl halides is 3. The lowest BCUT2D eigenvalue weighted by atomic mass is 10.2. The highest BCUT2D eigenvalue weighted by Crippen LogP contribution is 2.28. The minimum absolute atomic E-state index is 0.289. The Labute approximate surface area is 79.7 Å². The molecule has 0 N–H and O–H groups in total. The summed E-state index contributed by atoms with van der Waals surface area (Å²) < 4.78 is 63.7. The summed E-state index contributed by atoms with van der Waals surface area (Å²) in [5.74, 6) is -4.66. The molecule has 0 saturated carbocycles. The predicted molar refractivity (Wildman–Crippen MR) is 35.6 cm³/mol. The molecule has 1 heterocycles. The van der Waals surface area contributed by atoms with Crippen molar-refractivity contribution in [1.29, 1.82) is 5.26 Å². The first-order valence-corrected chi connectivity index (χ1v) is 3.35. The third-order valence-corrected chi connectivity index (χ3v) is 1.27. The molecular weight excluding hydrogens is 223 g/mol. The molecule has 3 nitrogen and oxygen atoms in total. The number of hydrogen-bond donors (Lipinski definition) is 0. The monoisotopic (exact) mass is 224 g/mol. The molecule has 0 saturated heterocycles. The van der Waals surface area contributed by atoms with Gasteiger partial charge < -0.3 is 4.74 Å². The quantitative estimate of drug-likeness (QED) is 0.542. The van der Waals surface area contributed by atoms with Crippen LogP contribution < -0.4 is 4.74 Å². The van der Waals surface area contributed by atoms with Gasteiger partial charge in [-0.15, -0.1) is 13.2 Å². The van der Waals surface area contributed by atoms with Gasteiger partial charge in [0.2, 0.25) is 5.75 Å². The van der Waals surface area contributed by atoms with Crippen molar-refractivity contribution in [2.45, 2.75) is 6.36 Å². The van der Waals surface area contributed by atoms with Gasteiger partial charge in [-0.05, 0) is 0 Å². The molecule has 0 radical (unpaired) electrons. The zero-order valence-electron chi connectivity index (χ0n) is 6.77. The maximum absolute atomic E-state index is 12.7. The van der Waals surface area contributed by atoms with Crippen LogP contribution in [0.4, 0.5) is 22.0 Å². The molecule has 0 fully saturated rings. The number of nitrogens with zero attached hydrogens (tertiary/aromatic N) is 2. The van der Waals surface area contributed by atoms with Gasteiger partial charge in [-0.3, -0.25) is 0 Å². The van der Waals surface area contributed by atoms with Crippen LogP contribution in [0.15, 0.2) is 6.20 Å². The van der Waals surface area contributed by atoms with Crippen LogP contribution in [0.5, 0.6) is 5.75 Å². The van der Waals surface area contributed by atoms with E-state index < -0.39 is 29.4 Å². The van der Waals surface area contributed by atoms with E-state index in [0.717, 1.165) is 6.07 Å². The Morgan fingerprint density at radius 3 is 2.40 bits per heavy atom. The van der Waals surface area contributed by atoms with Crippen LogP contribution >= 0.6 is 0 Å². The standard InChI is InChI=1S/C7HF5N2O/c8-4-2-14-6(9)5(3(4)1-13)15-7(10,11)12/h2H. The van der Waals surface area contributed by atoms with Gasteiger partial charge in [-0.1, -0.05) is 0 Å². The Balaban J connectivity index is 3.28. The number of halogens is 5. The second kappa shape index (κ2) is 3.68. The van der Waals surface area contributed by atoms with Crippen molar-refractivity contribution >= 4 is 0 Å². The SMILES string of the molecule is N#Cc1c(F)cnc(F)c1OC(F)(F)F. The molecule has 1 aromatic heterocycles. The summed E-state index contributed by atoms with van der Waals surface area (Å²) in [6, 6.07) is 1.05. The average Bonchev–Trinajstić information content (AvgIpc) is 2.10. The largest absolute Gasteiger partial charge is 0.573 e. The topological polar surface area (TPSA) is 45.9 Å². The summed E-state index contributed by atoms with van der Waals surface area (Å²) in [6.07, 6.45) is -4.93. The molecule has 80 valence electrons. The Morgan fingerprint density at radius 1 is 1.33 bits per heavy atom.